The first kappa shape index (κ1) is 5.62. The molecule has 0 amide bonds. The number of benzene rings is 1. The van der Waals surface area contributed by atoms with Gasteiger partial charge in [-0.15, -0.1) is 0 Å². The molecule has 0 fully saturated rings. The second kappa shape index (κ2) is 4.09. The Labute approximate surface area is 106 Å². The van der Waals surface area contributed by atoms with Crippen molar-refractivity contribution in [1.82, 2.24) is 0 Å². The number of hydrogen-bond donors (Lipinski definition) is 0. The molecule has 0 aliphatic rings. The minimum absolute atomic E-state index is 0.105. The molecule has 1 nitrogen and oxygen atoms in total. The lowest BCUT2D eigenvalue weighted by molar-refractivity contribution is -0.660. The smallest absolute Gasteiger partial charge is 0.201 e. The Kier molecular flexibility index (Phi) is 1.44. The van der Waals surface area contributed by atoms with E-state index < -0.39 is 13.7 Å². The molecule has 1 heteroatoms. The lowest BCUT2D eigenvalue weighted by Crippen LogP contribution is -2.31. The molecule has 0 aliphatic heterocycles. The van der Waals surface area contributed by atoms with E-state index in [0.29, 0.717) is 5.69 Å². The van der Waals surface area contributed by atoms with Crippen LogP contribution in [0.15, 0.2) is 36.5 Å². The predicted molar refractivity (Wildman–Crippen MR) is 67.3 cm³/mol. The third kappa shape index (κ3) is 1.73. The van der Waals surface area contributed by atoms with Crippen molar-refractivity contribution >= 4 is 0 Å². The molecule has 0 spiro atoms. The van der Waals surface area contributed by atoms with Crippen molar-refractivity contribution in [3.8, 4) is 11.3 Å². The predicted octanol–water partition coefficient (Wildman–Crippen LogP) is 3.10. The SMILES string of the molecule is [2H]C([2H])([2H])c1cc[n+](C)c(-c2ccccc2C)c1C([2H])([2H])[2H]. The number of nitrogens with zero attached hydrogens (tertiary/aromatic N) is 1. The Hall–Kier alpha value is -1.63. The molecular weight excluding hydrogens is 194 g/mol. The largest absolute Gasteiger partial charge is 0.215 e. The first-order valence-corrected chi connectivity index (χ1v) is 5.13. The van der Waals surface area contributed by atoms with E-state index in [1.807, 2.05) is 31.2 Å². The van der Waals surface area contributed by atoms with Gasteiger partial charge in [0.05, 0.1) is 0 Å². The normalized spacial score (nSPS) is 17.6. The maximum atomic E-state index is 7.82. The quantitative estimate of drug-likeness (QED) is 0.648. The number of pyridine rings is 1. The molecule has 0 atom stereocenters. The zero-order valence-corrected chi connectivity index (χ0v) is 9.41. The van der Waals surface area contributed by atoms with Crippen molar-refractivity contribution in [2.45, 2.75) is 20.6 Å². The Bertz CT molecular complexity index is 700. The molecule has 2 aromatic rings. The van der Waals surface area contributed by atoms with Crippen molar-refractivity contribution in [3.63, 3.8) is 0 Å². The van der Waals surface area contributed by atoms with Gasteiger partial charge in [0.15, 0.2) is 6.20 Å². The van der Waals surface area contributed by atoms with E-state index in [4.69, 9.17) is 8.22 Å². The fraction of sp³-hybridized carbons (Fsp3) is 0.267. The zero-order chi connectivity index (χ0) is 16.7. The maximum Gasteiger partial charge on any atom is 0.215 e. The Morgan fingerprint density at radius 2 is 1.88 bits per heavy atom. The lowest BCUT2D eigenvalue weighted by Gasteiger charge is -2.08. The Morgan fingerprint density at radius 3 is 2.56 bits per heavy atom. The van der Waals surface area contributed by atoms with Gasteiger partial charge in [-0.05, 0) is 37.8 Å². The van der Waals surface area contributed by atoms with Crippen LogP contribution in [0, 0.1) is 20.6 Å². The van der Waals surface area contributed by atoms with Crippen molar-refractivity contribution in [2.75, 3.05) is 0 Å². The maximum absolute atomic E-state index is 7.82. The Balaban J connectivity index is 2.93. The molecule has 0 N–H and O–H groups in total. The zero-order valence-electron chi connectivity index (χ0n) is 15.4. The van der Waals surface area contributed by atoms with Crippen LogP contribution in [0.1, 0.15) is 24.9 Å². The fourth-order valence-corrected chi connectivity index (χ4v) is 1.81. The lowest BCUT2D eigenvalue weighted by atomic mass is 9.99. The third-order valence-electron chi connectivity index (χ3n) is 2.72. The molecule has 0 bridgehead atoms. The summed E-state index contributed by atoms with van der Waals surface area (Å²) in [5.74, 6) is 0. The highest BCUT2D eigenvalue weighted by Gasteiger charge is 2.16. The average Bonchev–Trinajstić information content (AvgIpc) is 2.37. The molecular formula is C15H18N+. The first-order chi connectivity index (χ1) is 10.0. The van der Waals surface area contributed by atoms with Gasteiger partial charge in [0.1, 0.15) is 7.05 Å². The van der Waals surface area contributed by atoms with Crippen LogP contribution >= 0.6 is 0 Å². The summed E-state index contributed by atoms with van der Waals surface area (Å²) >= 11 is 0. The summed E-state index contributed by atoms with van der Waals surface area (Å²) in [6.45, 7) is -3.11. The molecule has 1 aromatic carbocycles. The summed E-state index contributed by atoms with van der Waals surface area (Å²) in [6, 6.07) is 8.73. The van der Waals surface area contributed by atoms with E-state index in [-0.39, 0.29) is 11.1 Å². The minimum Gasteiger partial charge on any atom is -0.201 e. The van der Waals surface area contributed by atoms with Crippen LogP contribution < -0.4 is 4.57 Å². The summed E-state index contributed by atoms with van der Waals surface area (Å²) in [5.41, 5.74) is 1.82. The van der Waals surface area contributed by atoms with Gasteiger partial charge in [0, 0.05) is 25.4 Å². The molecule has 1 aromatic heterocycles. The Morgan fingerprint density at radius 1 is 1.06 bits per heavy atom. The molecule has 0 aliphatic carbocycles. The van der Waals surface area contributed by atoms with Crippen LogP contribution in [0.3, 0.4) is 0 Å². The van der Waals surface area contributed by atoms with E-state index in [9.17, 15) is 0 Å². The summed E-state index contributed by atoms with van der Waals surface area (Å²) in [7, 11) is 1.72. The van der Waals surface area contributed by atoms with Gasteiger partial charge in [-0.3, -0.25) is 0 Å². The van der Waals surface area contributed by atoms with Gasteiger partial charge in [-0.2, -0.15) is 0 Å². The second-order valence-electron chi connectivity index (χ2n) is 3.88. The average molecular weight is 218 g/mol. The summed E-state index contributed by atoms with van der Waals surface area (Å²) in [5, 5.41) is 0. The molecule has 16 heavy (non-hydrogen) atoms. The summed E-state index contributed by atoms with van der Waals surface area (Å²) in [4.78, 5) is 0. The third-order valence-corrected chi connectivity index (χ3v) is 2.72. The minimum atomic E-state index is -2.51. The topological polar surface area (TPSA) is 3.88 Å². The molecule has 0 saturated heterocycles. The van der Waals surface area contributed by atoms with E-state index >= 15 is 0 Å². The standard InChI is InChI=1S/C15H18N/c1-11-9-10-16(4)15(13(11)3)14-8-6-5-7-12(14)2/h5-10H,1-4H3/q+1/i1D3,3D3. The van der Waals surface area contributed by atoms with E-state index in [1.165, 1.54) is 6.07 Å². The number of hydrogen-bond acceptors (Lipinski definition) is 0. The number of aromatic nitrogens is 1. The van der Waals surface area contributed by atoms with Gasteiger partial charge < -0.3 is 0 Å². The molecule has 0 radical (unpaired) electrons. The molecule has 1 heterocycles. The van der Waals surface area contributed by atoms with Gasteiger partial charge in [-0.1, -0.05) is 18.2 Å². The van der Waals surface area contributed by atoms with Crippen molar-refractivity contribution in [3.05, 3.63) is 53.2 Å². The van der Waals surface area contributed by atoms with Crippen molar-refractivity contribution in [1.29, 1.82) is 0 Å². The van der Waals surface area contributed by atoms with Crippen LogP contribution in [-0.4, -0.2) is 0 Å². The molecule has 0 unspecified atom stereocenters. The van der Waals surface area contributed by atoms with Crippen LogP contribution in [0.5, 0.6) is 0 Å². The van der Waals surface area contributed by atoms with Gasteiger partial charge in [-0.25, -0.2) is 4.57 Å². The van der Waals surface area contributed by atoms with Gasteiger partial charge in [0.2, 0.25) is 5.69 Å². The highest BCUT2D eigenvalue weighted by atomic mass is 14.9. The highest BCUT2D eigenvalue weighted by Crippen LogP contribution is 2.24. The number of rotatable bonds is 1. The van der Waals surface area contributed by atoms with E-state index in [2.05, 4.69) is 0 Å². The first-order valence-electron chi connectivity index (χ1n) is 8.13. The molecule has 2 rings (SSSR count). The molecule has 0 saturated carbocycles. The molecule has 82 valence electrons. The number of aryl methyl sites for hydroxylation is 3. The highest BCUT2D eigenvalue weighted by molar-refractivity contribution is 5.64. The summed E-state index contributed by atoms with van der Waals surface area (Å²) < 4.78 is 48.1. The van der Waals surface area contributed by atoms with E-state index in [0.717, 1.165) is 11.1 Å². The monoisotopic (exact) mass is 218 g/mol. The van der Waals surface area contributed by atoms with Gasteiger partial charge >= 0.3 is 0 Å². The van der Waals surface area contributed by atoms with Crippen LogP contribution in [0.25, 0.3) is 11.3 Å². The van der Waals surface area contributed by atoms with E-state index in [1.54, 1.807) is 17.8 Å². The van der Waals surface area contributed by atoms with Crippen LogP contribution in [0.2, 0.25) is 0 Å². The van der Waals surface area contributed by atoms with Crippen molar-refractivity contribution in [2.24, 2.45) is 7.05 Å². The summed E-state index contributed by atoms with van der Waals surface area (Å²) in [6.07, 6.45) is 1.60. The fourth-order valence-electron chi connectivity index (χ4n) is 1.81. The van der Waals surface area contributed by atoms with Gasteiger partial charge in [0.25, 0.3) is 0 Å². The second-order valence-corrected chi connectivity index (χ2v) is 3.88. The van der Waals surface area contributed by atoms with Crippen molar-refractivity contribution < 1.29 is 12.8 Å². The van der Waals surface area contributed by atoms with Crippen LogP contribution in [0.4, 0.5) is 0 Å². The van der Waals surface area contributed by atoms with Crippen LogP contribution in [-0.2, 0) is 7.05 Å².